The van der Waals surface area contributed by atoms with Crippen molar-refractivity contribution in [3.63, 3.8) is 0 Å². The second kappa shape index (κ2) is 6.33. The highest BCUT2D eigenvalue weighted by Gasteiger charge is 2.19. The van der Waals surface area contributed by atoms with Crippen molar-refractivity contribution >= 4 is 23.5 Å². The summed E-state index contributed by atoms with van der Waals surface area (Å²) in [6.45, 7) is 8.10. The van der Waals surface area contributed by atoms with E-state index in [2.05, 4.69) is 19.9 Å². The summed E-state index contributed by atoms with van der Waals surface area (Å²) in [5.74, 6) is 0. The standard InChI is InChI=1S/C18H20N4O2S/c1-10-5-6-25-14(10)8-13-17(24)21-12(16(23)22-13)7-11-15(18(2,3)4)20-9-19-11/h5-9H,1-4H3,(H,19,20)(H,21,24)(H,22,23). The maximum absolute atomic E-state index is 12.4. The fourth-order valence-corrected chi connectivity index (χ4v) is 3.37. The first-order valence-electron chi connectivity index (χ1n) is 7.90. The third kappa shape index (κ3) is 3.56. The molecule has 25 heavy (non-hydrogen) atoms. The Morgan fingerprint density at radius 2 is 1.72 bits per heavy atom. The molecule has 0 amide bonds. The molecule has 3 aromatic heterocycles. The van der Waals surface area contributed by atoms with Crippen molar-refractivity contribution in [2.45, 2.75) is 33.1 Å². The van der Waals surface area contributed by atoms with Gasteiger partial charge in [0.1, 0.15) is 10.7 Å². The predicted molar refractivity (Wildman–Crippen MR) is 100 cm³/mol. The average Bonchev–Trinajstić information content (AvgIpc) is 3.13. The molecule has 7 heteroatoms. The number of nitrogens with one attached hydrogen (secondary N) is 3. The summed E-state index contributed by atoms with van der Waals surface area (Å²) in [6.07, 6.45) is 4.87. The third-order valence-electron chi connectivity index (χ3n) is 3.86. The minimum atomic E-state index is -0.358. The Bertz CT molecular complexity index is 1140. The average molecular weight is 356 g/mol. The molecular formula is C18H20N4O2S. The molecule has 3 heterocycles. The van der Waals surface area contributed by atoms with Crippen molar-refractivity contribution in [2.75, 3.05) is 0 Å². The van der Waals surface area contributed by atoms with E-state index in [9.17, 15) is 9.59 Å². The highest BCUT2D eigenvalue weighted by molar-refractivity contribution is 7.11. The normalized spacial score (nSPS) is 13.6. The number of aromatic nitrogens is 4. The van der Waals surface area contributed by atoms with Crippen LogP contribution in [0.5, 0.6) is 0 Å². The van der Waals surface area contributed by atoms with E-state index < -0.39 is 0 Å². The van der Waals surface area contributed by atoms with Crippen LogP contribution >= 0.6 is 11.3 Å². The largest absolute Gasteiger partial charge is 0.348 e. The Balaban J connectivity index is 2.16. The van der Waals surface area contributed by atoms with Crippen molar-refractivity contribution in [2.24, 2.45) is 0 Å². The van der Waals surface area contributed by atoms with Gasteiger partial charge in [-0.05, 0) is 36.1 Å². The molecule has 0 radical (unpaired) electrons. The Morgan fingerprint density at radius 1 is 1.08 bits per heavy atom. The number of aryl methyl sites for hydroxylation is 1. The molecule has 0 aliphatic carbocycles. The summed E-state index contributed by atoms with van der Waals surface area (Å²) in [6, 6.07) is 1.97. The van der Waals surface area contributed by atoms with Crippen molar-refractivity contribution in [3.8, 4) is 0 Å². The predicted octanol–water partition coefficient (Wildman–Crippen LogP) is 1.11. The molecule has 0 aliphatic rings. The van der Waals surface area contributed by atoms with Crippen LogP contribution in [0.25, 0.3) is 12.2 Å². The van der Waals surface area contributed by atoms with Gasteiger partial charge in [0, 0.05) is 16.0 Å². The summed E-state index contributed by atoms with van der Waals surface area (Å²) in [5.41, 5.74) is 1.75. The fraction of sp³-hybridized carbons (Fsp3) is 0.278. The second-order valence-electron chi connectivity index (χ2n) is 6.90. The number of H-pyrrole nitrogens is 3. The quantitative estimate of drug-likeness (QED) is 0.642. The highest BCUT2D eigenvalue weighted by Crippen LogP contribution is 2.22. The van der Waals surface area contributed by atoms with E-state index in [4.69, 9.17) is 0 Å². The van der Waals surface area contributed by atoms with Crippen LogP contribution in [0, 0.1) is 6.92 Å². The van der Waals surface area contributed by atoms with Gasteiger partial charge in [-0.25, -0.2) is 4.98 Å². The topological polar surface area (TPSA) is 94.4 Å². The van der Waals surface area contributed by atoms with Crippen LogP contribution in [0.1, 0.15) is 42.6 Å². The van der Waals surface area contributed by atoms with E-state index in [0.29, 0.717) is 5.69 Å². The fourth-order valence-electron chi connectivity index (χ4n) is 2.51. The molecule has 0 unspecified atom stereocenters. The van der Waals surface area contributed by atoms with Crippen LogP contribution in [0.15, 0.2) is 27.4 Å². The molecule has 0 atom stereocenters. The van der Waals surface area contributed by atoms with E-state index in [1.807, 2.05) is 39.1 Å². The van der Waals surface area contributed by atoms with Crippen LogP contribution < -0.4 is 21.8 Å². The molecule has 3 rings (SSSR count). The zero-order valence-electron chi connectivity index (χ0n) is 14.6. The second-order valence-corrected chi connectivity index (χ2v) is 7.85. The van der Waals surface area contributed by atoms with Crippen LogP contribution in [0.3, 0.4) is 0 Å². The lowest BCUT2D eigenvalue weighted by Crippen LogP contribution is -2.46. The van der Waals surface area contributed by atoms with Crippen molar-refractivity contribution in [1.29, 1.82) is 0 Å². The van der Waals surface area contributed by atoms with E-state index in [1.165, 1.54) is 11.3 Å². The maximum atomic E-state index is 12.4. The van der Waals surface area contributed by atoms with Gasteiger partial charge >= 0.3 is 0 Å². The molecule has 3 aromatic rings. The van der Waals surface area contributed by atoms with Gasteiger partial charge in [0.05, 0.1) is 12.0 Å². The van der Waals surface area contributed by atoms with Crippen LogP contribution in [0.2, 0.25) is 0 Å². The molecule has 0 fully saturated rings. The first-order chi connectivity index (χ1) is 11.8. The Labute approximate surface area is 148 Å². The molecule has 0 saturated carbocycles. The van der Waals surface area contributed by atoms with Crippen LogP contribution in [-0.4, -0.2) is 19.9 Å². The number of aromatic amines is 3. The van der Waals surface area contributed by atoms with Gasteiger partial charge in [-0.15, -0.1) is 11.3 Å². The maximum Gasteiger partial charge on any atom is 0.272 e. The first kappa shape index (κ1) is 17.2. The van der Waals surface area contributed by atoms with Gasteiger partial charge in [0.2, 0.25) is 0 Å². The van der Waals surface area contributed by atoms with Gasteiger partial charge < -0.3 is 15.0 Å². The number of imidazole rings is 1. The molecule has 130 valence electrons. The molecule has 0 bridgehead atoms. The van der Waals surface area contributed by atoms with Crippen LogP contribution in [-0.2, 0) is 5.41 Å². The summed E-state index contributed by atoms with van der Waals surface area (Å²) >= 11 is 1.52. The van der Waals surface area contributed by atoms with Gasteiger partial charge in [0.15, 0.2) is 0 Å². The lowest BCUT2D eigenvalue weighted by Gasteiger charge is -2.16. The zero-order chi connectivity index (χ0) is 18.2. The van der Waals surface area contributed by atoms with E-state index >= 15 is 0 Å². The van der Waals surface area contributed by atoms with E-state index in [1.54, 1.807) is 18.5 Å². The SMILES string of the molecule is Cc1ccsc1C=c1[nH]c(=O)c(=Cc2nc[nH]c2C(C)(C)C)[nH]c1=O. The molecule has 3 N–H and O–H groups in total. The molecular weight excluding hydrogens is 336 g/mol. The third-order valence-corrected chi connectivity index (χ3v) is 4.83. The smallest absolute Gasteiger partial charge is 0.272 e. The van der Waals surface area contributed by atoms with Gasteiger partial charge in [0.25, 0.3) is 11.1 Å². The number of hydrogen-bond donors (Lipinski definition) is 3. The van der Waals surface area contributed by atoms with Crippen molar-refractivity contribution in [1.82, 2.24) is 19.9 Å². The molecule has 0 saturated heterocycles. The Morgan fingerprint density at radius 3 is 2.28 bits per heavy atom. The van der Waals surface area contributed by atoms with E-state index in [-0.39, 0.29) is 27.2 Å². The lowest BCUT2D eigenvalue weighted by molar-refractivity contribution is 0.571. The van der Waals surface area contributed by atoms with Gasteiger partial charge in [-0.1, -0.05) is 20.8 Å². The molecule has 6 nitrogen and oxygen atoms in total. The Kier molecular flexibility index (Phi) is 4.34. The molecule has 0 aliphatic heterocycles. The summed E-state index contributed by atoms with van der Waals surface area (Å²) < 4.78 is 0. The first-order valence-corrected chi connectivity index (χ1v) is 8.77. The Hall–Kier alpha value is -2.67. The number of hydrogen-bond acceptors (Lipinski definition) is 4. The van der Waals surface area contributed by atoms with Gasteiger partial charge in [-0.3, -0.25) is 9.59 Å². The minimum absolute atomic E-state index is 0.153. The van der Waals surface area contributed by atoms with E-state index in [0.717, 1.165) is 16.1 Å². The number of rotatable bonds is 2. The summed E-state index contributed by atoms with van der Waals surface area (Å²) in [7, 11) is 0. The summed E-state index contributed by atoms with van der Waals surface area (Å²) in [5, 5.41) is 2.37. The summed E-state index contributed by atoms with van der Waals surface area (Å²) in [4.78, 5) is 38.3. The van der Waals surface area contributed by atoms with Crippen molar-refractivity contribution < 1.29 is 0 Å². The van der Waals surface area contributed by atoms with Gasteiger partial charge in [-0.2, -0.15) is 0 Å². The lowest BCUT2D eigenvalue weighted by atomic mass is 9.90. The molecule has 0 aromatic carbocycles. The molecule has 0 spiro atoms. The monoisotopic (exact) mass is 356 g/mol. The van der Waals surface area contributed by atoms with Crippen LogP contribution in [0.4, 0.5) is 0 Å². The van der Waals surface area contributed by atoms with Crippen molar-refractivity contribution in [3.05, 3.63) is 71.0 Å². The highest BCUT2D eigenvalue weighted by atomic mass is 32.1. The number of nitrogens with zero attached hydrogens (tertiary/aromatic N) is 1. The minimum Gasteiger partial charge on any atom is -0.348 e. The number of thiophene rings is 1. The zero-order valence-corrected chi connectivity index (χ0v) is 15.4.